The lowest BCUT2D eigenvalue weighted by molar-refractivity contribution is -0.134. The average Bonchev–Trinajstić information content (AvgIpc) is 3.50. The molecule has 0 spiro atoms. The molecule has 1 aliphatic carbocycles. The van der Waals surface area contributed by atoms with Crippen molar-refractivity contribution in [3.05, 3.63) is 96.1 Å². The van der Waals surface area contributed by atoms with Crippen LogP contribution in [0.2, 0.25) is 0 Å². The molecule has 2 heterocycles. The smallest absolute Gasteiger partial charge is 0.226 e. The van der Waals surface area contributed by atoms with Crippen molar-refractivity contribution in [2.45, 2.75) is 25.4 Å². The first-order valence-electron chi connectivity index (χ1n) is 8.93. The highest BCUT2D eigenvalue weighted by Gasteiger charge is 2.45. The zero-order valence-electron chi connectivity index (χ0n) is 14.5. The molecule has 4 rings (SSSR count). The maximum atomic E-state index is 13.2. The van der Waals surface area contributed by atoms with Crippen LogP contribution in [0.3, 0.4) is 0 Å². The molecule has 1 saturated carbocycles. The molecule has 130 valence electrons. The third kappa shape index (κ3) is 3.80. The van der Waals surface area contributed by atoms with Gasteiger partial charge in [0.25, 0.3) is 0 Å². The summed E-state index contributed by atoms with van der Waals surface area (Å²) in [6.07, 6.45) is 8.06. The van der Waals surface area contributed by atoms with Gasteiger partial charge in [-0.25, -0.2) is 0 Å². The van der Waals surface area contributed by atoms with Crippen LogP contribution in [0.1, 0.15) is 29.0 Å². The first-order valence-corrected chi connectivity index (χ1v) is 8.93. The molecule has 4 nitrogen and oxygen atoms in total. The normalized spacial score (nSPS) is 18.3. The predicted molar refractivity (Wildman–Crippen MR) is 100 cm³/mol. The SMILES string of the molecule is O=C([C@@H]1C[C@H]1c1ccccc1)N(Cc1ccncc1)Cc1cccnc1. The van der Waals surface area contributed by atoms with Gasteiger partial charge in [-0.05, 0) is 47.2 Å². The van der Waals surface area contributed by atoms with E-state index in [2.05, 4.69) is 22.1 Å². The molecule has 1 aromatic carbocycles. The Balaban J connectivity index is 1.51. The van der Waals surface area contributed by atoms with Gasteiger partial charge >= 0.3 is 0 Å². The molecule has 3 aromatic rings. The Morgan fingerprint density at radius 2 is 1.65 bits per heavy atom. The monoisotopic (exact) mass is 343 g/mol. The number of carbonyl (C=O) groups is 1. The molecule has 0 unspecified atom stereocenters. The maximum Gasteiger partial charge on any atom is 0.226 e. The van der Waals surface area contributed by atoms with Crippen LogP contribution in [0.15, 0.2) is 79.4 Å². The molecule has 0 bridgehead atoms. The Kier molecular flexibility index (Phi) is 4.73. The van der Waals surface area contributed by atoms with Gasteiger partial charge in [0.15, 0.2) is 0 Å². The molecule has 1 fully saturated rings. The molecule has 0 aliphatic heterocycles. The fourth-order valence-electron chi connectivity index (χ4n) is 3.40. The van der Waals surface area contributed by atoms with Crippen LogP contribution in [0, 0.1) is 5.92 Å². The van der Waals surface area contributed by atoms with E-state index in [1.165, 1.54) is 5.56 Å². The summed E-state index contributed by atoms with van der Waals surface area (Å²) in [7, 11) is 0. The van der Waals surface area contributed by atoms with E-state index in [1.807, 2.05) is 53.6 Å². The molecule has 2 aromatic heterocycles. The van der Waals surface area contributed by atoms with Crippen molar-refractivity contribution in [1.82, 2.24) is 14.9 Å². The summed E-state index contributed by atoms with van der Waals surface area (Å²) in [4.78, 5) is 23.4. The second kappa shape index (κ2) is 7.48. The van der Waals surface area contributed by atoms with Crippen molar-refractivity contribution < 1.29 is 4.79 Å². The van der Waals surface area contributed by atoms with Gasteiger partial charge in [-0.15, -0.1) is 0 Å². The first kappa shape index (κ1) is 16.5. The standard InChI is InChI=1S/C22H21N3O/c26-22(21-13-20(21)19-6-2-1-3-7-19)25(15-17-8-11-23-12-9-17)16-18-5-4-10-24-14-18/h1-12,14,20-21H,13,15-16H2/t20-,21+/m0/s1. The van der Waals surface area contributed by atoms with Gasteiger partial charge in [0.05, 0.1) is 0 Å². The molecular formula is C22H21N3O. The minimum absolute atomic E-state index is 0.0795. The van der Waals surface area contributed by atoms with Gasteiger partial charge in [-0.2, -0.15) is 0 Å². The number of pyridine rings is 2. The van der Waals surface area contributed by atoms with Crippen molar-refractivity contribution >= 4 is 5.91 Å². The highest BCUT2D eigenvalue weighted by Crippen LogP contribution is 2.48. The van der Waals surface area contributed by atoms with Crippen molar-refractivity contribution in [3.63, 3.8) is 0 Å². The van der Waals surface area contributed by atoms with Crippen LogP contribution in [0.5, 0.6) is 0 Å². The molecule has 0 saturated heterocycles. The average molecular weight is 343 g/mol. The Morgan fingerprint density at radius 3 is 2.38 bits per heavy atom. The van der Waals surface area contributed by atoms with E-state index >= 15 is 0 Å². The summed E-state index contributed by atoms with van der Waals surface area (Å²) >= 11 is 0. The van der Waals surface area contributed by atoms with Crippen LogP contribution >= 0.6 is 0 Å². The molecule has 0 radical (unpaired) electrons. The minimum Gasteiger partial charge on any atom is -0.334 e. The number of hydrogen-bond donors (Lipinski definition) is 0. The number of rotatable bonds is 6. The summed E-state index contributed by atoms with van der Waals surface area (Å²) in [6.45, 7) is 1.17. The third-order valence-electron chi connectivity index (χ3n) is 4.87. The Bertz CT molecular complexity index is 811. The second-order valence-electron chi connectivity index (χ2n) is 6.77. The maximum absolute atomic E-state index is 13.2. The zero-order valence-corrected chi connectivity index (χ0v) is 14.5. The second-order valence-corrected chi connectivity index (χ2v) is 6.77. The lowest BCUT2D eigenvalue weighted by Crippen LogP contribution is -2.31. The number of aromatic nitrogens is 2. The van der Waals surface area contributed by atoms with Crippen LogP contribution in [-0.4, -0.2) is 20.8 Å². The number of nitrogens with zero attached hydrogens (tertiary/aromatic N) is 3. The van der Waals surface area contributed by atoms with Gasteiger partial charge < -0.3 is 4.90 Å². The zero-order chi connectivity index (χ0) is 17.8. The van der Waals surface area contributed by atoms with Gasteiger partial charge in [-0.1, -0.05) is 36.4 Å². The largest absolute Gasteiger partial charge is 0.334 e. The molecule has 2 atom stereocenters. The first-order chi connectivity index (χ1) is 12.8. The van der Waals surface area contributed by atoms with Crippen molar-refractivity contribution in [2.24, 2.45) is 5.92 Å². The van der Waals surface area contributed by atoms with E-state index < -0.39 is 0 Å². The summed E-state index contributed by atoms with van der Waals surface area (Å²) < 4.78 is 0. The van der Waals surface area contributed by atoms with Crippen LogP contribution in [0.4, 0.5) is 0 Å². The summed E-state index contributed by atoms with van der Waals surface area (Å²) in [6, 6.07) is 18.2. The molecule has 4 heteroatoms. The van der Waals surface area contributed by atoms with E-state index in [1.54, 1.807) is 18.6 Å². The number of carbonyl (C=O) groups excluding carboxylic acids is 1. The molecule has 0 N–H and O–H groups in total. The molecule has 1 amide bonds. The van der Waals surface area contributed by atoms with Gasteiger partial charge in [-0.3, -0.25) is 14.8 Å². The highest BCUT2D eigenvalue weighted by molar-refractivity contribution is 5.83. The van der Waals surface area contributed by atoms with Gasteiger partial charge in [0.1, 0.15) is 0 Å². The van der Waals surface area contributed by atoms with Gasteiger partial charge in [0, 0.05) is 43.8 Å². The van der Waals surface area contributed by atoms with Crippen molar-refractivity contribution in [3.8, 4) is 0 Å². The fraction of sp³-hybridized carbons (Fsp3) is 0.227. The predicted octanol–water partition coefficient (Wildman–Crippen LogP) is 3.81. The van der Waals surface area contributed by atoms with E-state index in [0.717, 1.165) is 17.5 Å². The van der Waals surface area contributed by atoms with Crippen molar-refractivity contribution in [2.75, 3.05) is 0 Å². The van der Waals surface area contributed by atoms with Gasteiger partial charge in [0.2, 0.25) is 5.91 Å². The molecule has 1 aliphatic rings. The summed E-state index contributed by atoms with van der Waals surface area (Å²) in [5.41, 5.74) is 3.40. The number of hydrogen-bond acceptors (Lipinski definition) is 3. The van der Waals surface area contributed by atoms with Crippen LogP contribution in [0.25, 0.3) is 0 Å². The lowest BCUT2D eigenvalue weighted by atomic mass is 10.1. The lowest BCUT2D eigenvalue weighted by Gasteiger charge is -2.23. The van der Waals surface area contributed by atoms with E-state index in [0.29, 0.717) is 19.0 Å². The number of benzene rings is 1. The summed E-state index contributed by atoms with van der Waals surface area (Å²) in [5.74, 6) is 0.646. The van der Waals surface area contributed by atoms with E-state index in [9.17, 15) is 4.79 Å². The quantitative estimate of drug-likeness (QED) is 0.684. The number of amides is 1. The molecule has 26 heavy (non-hydrogen) atoms. The van der Waals surface area contributed by atoms with E-state index in [-0.39, 0.29) is 11.8 Å². The van der Waals surface area contributed by atoms with Crippen LogP contribution in [-0.2, 0) is 17.9 Å². The Labute approximate surface area is 153 Å². The summed E-state index contributed by atoms with van der Waals surface area (Å²) in [5, 5.41) is 0. The topological polar surface area (TPSA) is 46.1 Å². The third-order valence-corrected chi connectivity index (χ3v) is 4.87. The molecular weight excluding hydrogens is 322 g/mol. The van der Waals surface area contributed by atoms with Crippen molar-refractivity contribution in [1.29, 1.82) is 0 Å². The highest BCUT2D eigenvalue weighted by atomic mass is 16.2. The Morgan fingerprint density at radius 1 is 0.885 bits per heavy atom. The fourth-order valence-corrected chi connectivity index (χ4v) is 3.40. The van der Waals surface area contributed by atoms with E-state index in [4.69, 9.17) is 0 Å². The minimum atomic E-state index is 0.0795. The van der Waals surface area contributed by atoms with Crippen LogP contribution < -0.4 is 0 Å². The Hall–Kier alpha value is -3.01.